The van der Waals surface area contributed by atoms with Gasteiger partial charge in [-0.1, -0.05) is 32.0 Å². The lowest BCUT2D eigenvalue weighted by atomic mass is 9.99. The van der Waals surface area contributed by atoms with E-state index in [0.717, 1.165) is 40.9 Å². The minimum atomic E-state index is -1.14. The number of nitrogens with zero attached hydrogens (tertiary/aromatic N) is 1. The van der Waals surface area contributed by atoms with Crippen LogP contribution in [0.5, 0.6) is 5.75 Å². The van der Waals surface area contributed by atoms with E-state index in [1.807, 2.05) is 31.2 Å². The maximum absolute atomic E-state index is 11.9. The second kappa shape index (κ2) is 7.92. The minimum absolute atomic E-state index is 0.239. The van der Waals surface area contributed by atoms with Gasteiger partial charge in [0, 0.05) is 30.0 Å². The fourth-order valence-electron chi connectivity index (χ4n) is 3.80. The molecule has 2 aromatic carbocycles. The standard InChI is InChI=1S/C22H26N2O4/c1-13(2)17-10-15(5-7-19(17)25)12-24-9-8-16-18(6-4-14(3)22(16)24)23-20(26)11-21(27)28/h4-7,10,13,25H,8-9,11-12H2,1-3H3,(H,23,26)(H,27,28). The summed E-state index contributed by atoms with van der Waals surface area (Å²) in [6.45, 7) is 7.68. The molecule has 1 heterocycles. The van der Waals surface area contributed by atoms with Crippen molar-refractivity contribution in [1.29, 1.82) is 0 Å². The van der Waals surface area contributed by atoms with Crippen molar-refractivity contribution in [3.63, 3.8) is 0 Å². The number of anilines is 2. The molecule has 3 N–H and O–H groups in total. The number of hydrogen-bond acceptors (Lipinski definition) is 4. The molecule has 6 nitrogen and oxygen atoms in total. The summed E-state index contributed by atoms with van der Waals surface area (Å²) in [5.41, 5.74) is 5.99. The van der Waals surface area contributed by atoms with Crippen LogP contribution in [0.4, 0.5) is 11.4 Å². The molecule has 0 radical (unpaired) electrons. The number of carboxylic acid groups (broad SMARTS) is 1. The summed E-state index contributed by atoms with van der Waals surface area (Å²) in [6, 6.07) is 9.52. The number of nitrogens with one attached hydrogen (secondary N) is 1. The van der Waals surface area contributed by atoms with Gasteiger partial charge in [0.1, 0.15) is 12.2 Å². The average Bonchev–Trinajstić information content (AvgIpc) is 3.03. The van der Waals surface area contributed by atoms with Crippen molar-refractivity contribution in [3.8, 4) is 5.75 Å². The van der Waals surface area contributed by atoms with Crippen LogP contribution in [0.25, 0.3) is 0 Å². The Morgan fingerprint density at radius 3 is 2.64 bits per heavy atom. The molecule has 1 aliphatic rings. The third-order valence-corrected chi connectivity index (χ3v) is 5.11. The van der Waals surface area contributed by atoms with Gasteiger partial charge in [-0.2, -0.15) is 0 Å². The van der Waals surface area contributed by atoms with Gasteiger partial charge in [0.2, 0.25) is 5.91 Å². The molecule has 0 bridgehead atoms. The zero-order valence-electron chi connectivity index (χ0n) is 16.5. The first-order valence-corrected chi connectivity index (χ1v) is 9.47. The minimum Gasteiger partial charge on any atom is -0.508 e. The smallest absolute Gasteiger partial charge is 0.312 e. The maximum Gasteiger partial charge on any atom is 0.312 e. The van der Waals surface area contributed by atoms with Crippen molar-refractivity contribution in [1.82, 2.24) is 0 Å². The van der Waals surface area contributed by atoms with E-state index >= 15 is 0 Å². The topological polar surface area (TPSA) is 89.9 Å². The van der Waals surface area contributed by atoms with Crippen LogP contribution in [-0.2, 0) is 22.6 Å². The highest BCUT2D eigenvalue weighted by Gasteiger charge is 2.25. The van der Waals surface area contributed by atoms with Gasteiger partial charge < -0.3 is 20.4 Å². The Morgan fingerprint density at radius 2 is 1.96 bits per heavy atom. The molecular weight excluding hydrogens is 356 g/mol. The number of carboxylic acids is 1. The van der Waals surface area contributed by atoms with Gasteiger partial charge in [-0.15, -0.1) is 0 Å². The maximum atomic E-state index is 11.9. The SMILES string of the molecule is Cc1ccc(NC(=O)CC(=O)O)c2c1N(Cc1ccc(O)c(C(C)C)c1)CC2. The lowest BCUT2D eigenvalue weighted by Crippen LogP contribution is -2.20. The molecule has 0 fully saturated rings. The molecule has 1 amide bonds. The first-order valence-electron chi connectivity index (χ1n) is 9.47. The molecule has 0 aromatic heterocycles. The first kappa shape index (κ1) is 19.7. The molecule has 0 spiro atoms. The third kappa shape index (κ3) is 4.11. The van der Waals surface area contributed by atoms with E-state index in [1.54, 1.807) is 6.07 Å². The molecule has 0 unspecified atom stereocenters. The first-order chi connectivity index (χ1) is 13.3. The quantitative estimate of drug-likeness (QED) is 0.661. The van der Waals surface area contributed by atoms with Crippen molar-refractivity contribution >= 4 is 23.3 Å². The van der Waals surface area contributed by atoms with Gasteiger partial charge in [-0.05, 0) is 48.1 Å². The number of rotatable bonds is 6. The highest BCUT2D eigenvalue weighted by molar-refractivity contribution is 6.02. The van der Waals surface area contributed by atoms with Crippen LogP contribution in [0, 0.1) is 6.92 Å². The molecular formula is C22H26N2O4. The molecule has 0 saturated heterocycles. The molecule has 148 valence electrons. The van der Waals surface area contributed by atoms with Crippen molar-refractivity contribution in [2.45, 2.75) is 46.1 Å². The Morgan fingerprint density at radius 1 is 1.21 bits per heavy atom. The number of phenolic OH excluding ortho intramolecular Hbond substituents is 1. The van der Waals surface area contributed by atoms with E-state index in [-0.39, 0.29) is 5.92 Å². The van der Waals surface area contributed by atoms with Crippen LogP contribution in [0.3, 0.4) is 0 Å². The number of benzene rings is 2. The normalized spacial score (nSPS) is 12.9. The number of carbonyl (C=O) groups excluding carboxylic acids is 1. The fourth-order valence-corrected chi connectivity index (χ4v) is 3.80. The Bertz CT molecular complexity index is 921. The van der Waals surface area contributed by atoms with Crippen LogP contribution < -0.4 is 10.2 Å². The van der Waals surface area contributed by atoms with Crippen LogP contribution in [-0.4, -0.2) is 28.6 Å². The predicted molar refractivity (Wildman–Crippen MR) is 109 cm³/mol. The molecule has 0 aliphatic carbocycles. The summed E-state index contributed by atoms with van der Waals surface area (Å²) in [5, 5.41) is 21.6. The number of amides is 1. The van der Waals surface area contributed by atoms with Crippen LogP contribution in [0.1, 0.15) is 48.4 Å². The number of phenols is 1. The molecule has 28 heavy (non-hydrogen) atoms. The highest BCUT2D eigenvalue weighted by atomic mass is 16.4. The number of aromatic hydroxyl groups is 1. The average molecular weight is 382 g/mol. The van der Waals surface area contributed by atoms with Crippen LogP contribution in [0.15, 0.2) is 30.3 Å². The molecule has 3 rings (SSSR count). The molecule has 2 aromatic rings. The van der Waals surface area contributed by atoms with E-state index in [1.165, 1.54) is 0 Å². The van der Waals surface area contributed by atoms with E-state index in [2.05, 4.69) is 24.1 Å². The van der Waals surface area contributed by atoms with Gasteiger partial charge in [0.25, 0.3) is 0 Å². The van der Waals surface area contributed by atoms with Gasteiger partial charge >= 0.3 is 5.97 Å². The molecule has 0 atom stereocenters. The third-order valence-electron chi connectivity index (χ3n) is 5.11. The van der Waals surface area contributed by atoms with Crippen molar-refractivity contribution < 1.29 is 19.8 Å². The van der Waals surface area contributed by atoms with E-state index in [9.17, 15) is 14.7 Å². The van der Waals surface area contributed by atoms with Crippen molar-refractivity contribution in [3.05, 3.63) is 52.6 Å². The van der Waals surface area contributed by atoms with Crippen molar-refractivity contribution in [2.75, 3.05) is 16.8 Å². The predicted octanol–water partition coefficient (Wildman–Crippen LogP) is 3.80. The number of aliphatic carboxylic acids is 1. The summed E-state index contributed by atoms with van der Waals surface area (Å²) in [4.78, 5) is 24.9. The highest BCUT2D eigenvalue weighted by Crippen LogP contribution is 2.38. The van der Waals surface area contributed by atoms with Gasteiger partial charge in [0.15, 0.2) is 0 Å². The van der Waals surface area contributed by atoms with Gasteiger partial charge in [-0.3, -0.25) is 9.59 Å². The van der Waals surface area contributed by atoms with Gasteiger partial charge in [-0.25, -0.2) is 0 Å². The van der Waals surface area contributed by atoms with Crippen molar-refractivity contribution in [2.24, 2.45) is 0 Å². The Labute approximate surface area is 164 Å². The zero-order chi connectivity index (χ0) is 20.4. The largest absolute Gasteiger partial charge is 0.508 e. The summed E-state index contributed by atoms with van der Waals surface area (Å²) >= 11 is 0. The van der Waals surface area contributed by atoms with Crippen LogP contribution >= 0.6 is 0 Å². The second-order valence-corrected chi connectivity index (χ2v) is 7.60. The lowest BCUT2D eigenvalue weighted by Gasteiger charge is -2.23. The Hall–Kier alpha value is -3.02. The molecule has 1 aliphatic heterocycles. The van der Waals surface area contributed by atoms with E-state index in [0.29, 0.717) is 18.0 Å². The number of hydrogen-bond donors (Lipinski definition) is 3. The van der Waals surface area contributed by atoms with E-state index in [4.69, 9.17) is 5.11 Å². The number of aryl methyl sites for hydroxylation is 1. The summed E-state index contributed by atoms with van der Waals surface area (Å²) < 4.78 is 0. The molecule has 0 saturated carbocycles. The number of carbonyl (C=O) groups is 2. The Kier molecular flexibility index (Phi) is 5.58. The number of fused-ring (bicyclic) bond motifs is 1. The summed E-state index contributed by atoms with van der Waals surface area (Å²) in [5.74, 6) is -1.10. The summed E-state index contributed by atoms with van der Waals surface area (Å²) in [7, 11) is 0. The summed E-state index contributed by atoms with van der Waals surface area (Å²) in [6.07, 6.45) is 0.243. The second-order valence-electron chi connectivity index (χ2n) is 7.60. The van der Waals surface area contributed by atoms with E-state index < -0.39 is 18.3 Å². The molecule has 6 heteroatoms. The Balaban J connectivity index is 1.85. The monoisotopic (exact) mass is 382 g/mol. The fraction of sp³-hybridized carbons (Fsp3) is 0.364. The lowest BCUT2D eigenvalue weighted by molar-refractivity contribution is -0.139. The zero-order valence-corrected chi connectivity index (χ0v) is 16.5. The van der Waals surface area contributed by atoms with Gasteiger partial charge in [0.05, 0.1) is 0 Å². The van der Waals surface area contributed by atoms with Crippen LogP contribution in [0.2, 0.25) is 0 Å².